The lowest BCUT2D eigenvalue weighted by atomic mass is 9.99. The van der Waals surface area contributed by atoms with Crippen LogP contribution in [0.3, 0.4) is 0 Å². The average Bonchev–Trinajstić information content (AvgIpc) is 2.97. The number of fused-ring (bicyclic) bond motifs is 1. The van der Waals surface area contributed by atoms with Crippen molar-refractivity contribution in [3.8, 4) is 40.1 Å². The molecule has 0 bridgehead atoms. The Hall–Kier alpha value is -3.71. The zero-order chi connectivity index (χ0) is 31.3. The SMILES string of the molecule is C[C@@H]1O[C@@H](Oc2c(-c3ccc(O)c(O)c3)oc3cc(O[C@H]4O[C@@H](CO)[C@H](O)[C@H](O)[C@@H]4O)cc(O)c3c2=O)[C@@H](O)[C@@H](O)[C@H]1O. The van der Waals surface area contributed by atoms with Gasteiger partial charge in [-0.2, -0.15) is 0 Å². The average molecular weight is 611 g/mol. The van der Waals surface area contributed by atoms with Gasteiger partial charge in [0.1, 0.15) is 65.2 Å². The molecule has 16 nitrogen and oxygen atoms in total. The highest BCUT2D eigenvalue weighted by Crippen LogP contribution is 2.40. The fourth-order valence-electron chi connectivity index (χ4n) is 4.81. The fourth-order valence-corrected chi connectivity index (χ4v) is 4.81. The first-order valence-corrected chi connectivity index (χ1v) is 13.0. The van der Waals surface area contributed by atoms with Gasteiger partial charge in [0.05, 0.1) is 12.7 Å². The molecular formula is C27H30O16. The summed E-state index contributed by atoms with van der Waals surface area (Å²) in [4.78, 5) is 13.7. The van der Waals surface area contributed by atoms with Crippen LogP contribution in [0.4, 0.5) is 0 Å². The van der Waals surface area contributed by atoms with E-state index in [0.717, 1.165) is 24.3 Å². The van der Waals surface area contributed by atoms with Crippen LogP contribution in [0.1, 0.15) is 6.92 Å². The lowest BCUT2D eigenvalue weighted by molar-refractivity contribution is -0.277. The van der Waals surface area contributed by atoms with Crippen LogP contribution < -0.4 is 14.9 Å². The van der Waals surface area contributed by atoms with Crippen molar-refractivity contribution in [2.75, 3.05) is 6.61 Å². The van der Waals surface area contributed by atoms with Crippen molar-refractivity contribution in [3.63, 3.8) is 0 Å². The van der Waals surface area contributed by atoms with E-state index in [0.29, 0.717) is 0 Å². The lowest BCUT2D eigenvalue weighted by Crippen LogP contribution is -2.60. The van der Waals surface area contributed by atoms with E-state index < -0.39 is 102 Å². The van der Waals surface area contributed by atoms with Crippen molar-refractivity contribution in [2.45, 2.75) is 68.3 Å². The number of ether oxygens (including phenoxy) is 4. The van der Waals surface area contributed by atoms with Crippen molar-refractivity contribution < 1.29 is 74.4 Å². The molecule has 43 heavy (non-hydrogen) atoms. The molecule has 2 fully saturated rings. The van der Waals surface area contributed by atoms with Crippen LogP contribution in [0.2, 0.25) is 0 Å². The third-order valence-corrected chi connectivity index (χ3v) is 7.29. The third kappa shape index (κ3) is 5.55. The van der Waals surface area contributed by atoms with Crippen LogP contribution >= 0.6 is 0 Å². The number of aromatic hydroxyl groups is 3. The molecule has 0 unspecified atom stereocenters. The second-order valence-corrected chi connectivity index (χ2v) is 10.2. The van der Waals surface area contributed by atoms with Crippen LogP contribution in [-0.2, 0) is 9.47 Å². The Labute approximate surface area is 241 Å². The standard InChI is InChI=1S/C27H30O16/c1-8-17(32)20(35)22(37)26(39-8)43-25-19(34)16-13(31)5-10(40-27-23(38)21(36)18(33)15(7-28)42-27)6-14(16)41-24(25)9-2-3-11(29)12(30)4-9/h2-6,8,15,17-18,20-23,26-33,35-38H,7H2,1H3/t8-,15-,17-,18-,20-,21-,22-,23-,26-,27-/m0/s1. The van der Waals surface area contributed by atoms with Gasteiger partial charge in [0.25, 0.3) is 0 Å². The van der Waals surface area contributed by atoms with E-state index in [1.54, 1.807) is 0 Å². The molecule has 10 N–H and O–H groups in total. The number of phenolic OH excluding ortho intramolecular Hbond substituents is 3. The number of rotatable bonds is 6. The molecule has 2 aliphatic rings. The number of aliphatic hydroxyl groups is 7. The summed E-state index contributed by atoms with van der Waals surface area (Å²) < 4.78 is 27.8. The van der Waals surface area contributed by atoms with E-state index in [2.05, 4.69) is 0 Å². The van der Waals surface area contributed by atoms with Gasteiger partial charge in [0.15, 0.2) is 17.3 Å². The lowest BCUT2D eigenvalue weighted by Gasteiger charge is -2.39. The maximum absolute atomic E-state index is 13.7. The summed E-state index contributed by atoms with van der Waals surface area (Å²) >= 11 is 0. The van der Waals surface area contributed by atoms with Gasteiger partial charge < -0.3 is 74.4 Å². The zero-order valence-corrected chi connectivity index (χ0v) is 22.3. The van der Waals surface area contributed by atoms with Gasteiger partial charge in [-0.05, 0) is 25.1 Å². The second kappa shape index (κ2) is 11.8. The molecule has 0 aliphatic carbocycles. The van der Waals surface area contributed by atoms with E-state index in [9.17, 15) is 55.9 Å². The Morgan fingerprint density at radius 3 is 2.05 bits per heavy atom. The summed E-state index contributed by atoms with van der Waals surface area (Å²) in [5.41, 5.74) is -1.36. The minimum Gasteiger partial charge on any atom is -0.507 e. The highest BCUT2D eigenvalue weighted by molar-refractivity contribution is 5.88. The first-order valence-electron chi connectivity index (χ1n) is 13.0. The quantitative estimate of drug-likeness (QED) is 0.135. The molecule has 10 atom stereocenters. The van der Waals surface area contributed by atoms with Crippen LogP contribution in [0, 0.1) is 0 Å². The molecule has 0 amide bonds. The highest BCUT2D eigenvalue weighted by atomic mass is 16.7. The largest absolute Gasteiger partial charge is 0.507 e. The van der Waals surface area contributed by atoms with E-state index in [1.165, 1.54) is 13.0 Å². The van der Waals surface area contributed by atoms with Gasteiger partial charge in [-0.3, -0.25) is 4.79 Å². The van der Waals surface area contributed by atoms with Crippen LogP contribution in [0.5, 0.6) is 28.7 Å². The topological polar surface area (TPSA) is 269 Å². The first kappa shape index (κ1) is 30.7. The Morgan fingerprint density at radius 1 is 0.744 bits per heavy atom. The first-order chi connectivity index (χ1) is 20.3. The smallest absolute Gasteiger partial charge is 0.239 e. The Morgan fingerprint density at radius 2 is 1.40 bits per heavy atom. The van der Waals surface area contributed by atoms with Crippen molar-refractivity contribution in [1.82, 2.24) is 0 Å². The summed E-state index contributed by atoms with van der Waals surface area (Å²) in [6.07, 6.45) is -15.9. The maximum Gasteiger partial charge on any atom is 0.239 e. The molecule has 2 aromatic carbocycles. The summed E-state index contributed by atoms with van der Waals surface area (Å²) in [5, 5.41) is 101. The normalized spacial score (nSPS) is 32.9. The van der Waals surface area contributed by atoms with Crippen molar-refractivity contribution >= 4 is 11.0 Å². The molecule has 2 aliphatic heterocycles. The molecule has 2 saturated heterocycles. The maximum atomic E-state index is 13.7. The second-order valence-electron chi connectivity index (χ2n) is 10.2. The van der Waals surface area contributed by atoms with E-state index in [4.69, 9.17) is 23.4 Å². The Kier molecular flexibility index (Phi) is 8.41. The van der Waals surface area contributed by atoms with E-state index in [1.807, 2.05) is 0 Å². The Bertz CT molecular complexity index is 1540. The number of phenols is 3. The predicted octanol–water partition coefficient (Wildman–Crippen LogP) is -2.04. The monoisotopic (exact) mass is 610 g/mol. The summed E-state index contributed by atoms with van der Waals surface area (Å²) in [6.45, 7) is 0.670. The molecule has 3 heterocycles. The molecular weight excluding hydrogens is 580 g/mol. The minimum atomic E-state index is -1.83. The van der Waals surface area contributed by atoms with Crippen molar-refractivity contribution in [1.29, 1.82) is 0 Å². The van der Waals surface area contributed by atoms with Gasteiger partial charge in [-0.25, -0.2) is 0 Å². The number of hydrogen-bond donors (Lipinski definition) is 10. The van der Waals surface area contributed by atoms with Crippen LogP contribution in [0.25, 0.3) is 22.3 Å². The molecule has 3 aromatic rings. The molecule has 234 valence electrons. The summed E-state index contributed by atoms with van der Waals surface area (Å²) in [6, 6.07) is 5.42. The molecule has 0 radical (unpaired) electrons. The minimum absolute atomic E-state index is 0.0250. The molecule has 5 rings (SSSR count). The number of benzene rings is 2. The van der Waals surface area contributed by atoms with E-state index in [-0.39, 0.29) is 22.7 Å². The van der Waals surface area contributed by atoms with Gasteiger partial charge in [0, 0.05) is 17.7 Å². The number of hydrogen-bond acceptors (Lipinski definition) is 16. The van der Waals surface area contributed by atoms with Crippen LogP contribution in [-0.4, -0.2) is 119 Å². The fraction of sp³-hybridized carbons (Fsp3) is 0.444. The summed E-state index contributed by atoms with van der Waals surface area (Å²) in [7, 11) is 0. The third-order valence-electron chi connectivity index (χ3n) is 7.29. The van der Waals surface area contributed by atoms with E-state index >= 15 is 0 Å². The molecule has 1 aromatic heterocycles. The van der Waals surface area contributed by atoms with Gasteiger partial charge in [0.2, 0.25) is 23.8 Å². The summed E-state index contributed by atoms with van der Waals surface area (Å²) in [5.74, 6) is -3.10. The van der Waals surface area contributed by atoms with Crippen molar-refractivity contribution in [2.24, 2.45) is 0 Å². The highest BCUT2D eigenvalue weighted by Gasteiger charge is 2.45. The molecule has 0 spiro atoms. The molecule has 16 heteroatoms. The zero-order valence-electron chi connectivity index (χ0n) is 22.3. The van der Waals surface area contributed by atoms with Crippen LogP contribution in [0.15, 0.2) is 39.5 Å². The van der Waals surface area contributed by atoms with Gasteiger partial charge in [-0.15, -0.1) is 0 Å². The van der Waals surface area contributed by atoms with Crippen molar-refractivity contribution in [3.05, 3.63) is 40.6 Å². The number of aliphatic hydroxyl groups excluding tert-OH is 7. The Balaban J connectivity index is 1.60. The van der Waals surface area contributed by atoms with Gasteiger partial charge in [-0.1, -0.05) is 0 Å². The predicted molar refractivity (Wildman–Crippen MR) is 140 cm³/mol. The molecule has 0 saturated carbocycles. The van der Waals surface area contributed by atoms with Gasteiger partial charge >= 0.3 is 0 Å².